The predicted molar refractivity (Wildman–Crippen MR) is 69.4 cm³/mol. The van der Waals surface area contributed by atoms with Gasteiger partial charge in [0.15, 0.2) is 0 Å². The molecule has 1 aromatic carbocycles. The minimum Gasteiger partial charge on any atom is -0.358 e. The van der Waals surface area contributed by atoms with Crippen molar-refractivity contribution in [1.29, 1.82) is 0 Å². The zero-order valence-corrected chi connectivity index (χ0v) is 10.3. The maximum absolute atomic E-state index is 12.0. The summed E-state index contributed by atoms with van der Waals surface area (Å²) in [7, 11) is 0. The maximum Gasteiger partial charge on any atom is 0.253 e. The first kappa shape index (κ1) is 12.0. The standard InChI is InChI=1S/C12H14ClN3O/c1-7-11(12(17)15-5-4-14)9-3-2-8(13)6-10(9)16-7/h2-3,6,16H,4-5,14H2,1H3,(H,15,17). The van der Waals surface area contributed by atoms with E-state index in [1.165, 1.54) is 0 Å². The van der Waals surface area contributed by atoms with Crippen molar-refractivity contribution < 1.29 is 4.79 Å². The van der Waals surface area contributed by atoms with Crippen LogP contribution < -0.4 is 11.1 Å². The van der Waals surface area contributed by atoms with Crippen LogP contribution in [0.4, 0.5) is 0 Å². The van der Waals surface area contributed by atoms with E-state index in [0.29, 0.717) is 23.7 Å². The van der Waals surface area contributed by atoms with E-state index in [2.05, 4.69) is 10.3 Å². The molecule has 1 heterocycles. The molecule has 0 radical (unpaired) electrons. The van der Waals surface area contributed by atoms with Gasteiger partial charge in [0.2, 0.25) is 0 Å². The number of fused-ring (bicyclic) bond motifs is 1. The van der Waals surface area contributed by atoms with Gasteiger partial charge in [0, 0.05) is 34.7 Å². The molecule has 2 rings (SSSR count). The number of aryl methyl sites for hydroxylation is 1. The molecule has 0 aliphatic heterocycles. The number of rotatable bonds is 3. The first-order valence-corrected chi connectivity index (χ1v) is 5.77. The molecule has 90 valence electrons. The molecule has 5 heteroatoms. The monoisotopic (exact) mass is 251 g/mol. The largest absolute Gasteiger partial charge is 0.358 e. The molecule has 0 aliphatic carbocycles. The quantitative estimate of drug-likeness (QED) is 0.779. The predicted octanol–water partition coefficient (Wildman–Crippen LogP) is 1.82. The Morgan fingerprint density at radius 3 is 3.00 bits per heavy atom. The van der Waals surface area contributed by atoms with Gasteiger partial charge in [-0.15, -0.1) is 0 Å². The topological polar surface area (TPSA) is 70.9 Å². The fraction of sp³-hybridized carbons (Fsp3) is 0.250. The number of H-pyrrole nitrogens is 1. The van der Waals surface area contributed by atoms with Gasteiger partial charge in [0.05, 0.1) is 5.56 Å². The number of amides is 1. The first-order valence-electron chi connectivity index (χ1n) is 5.39. The SMILES string of the molecule is Cc1[nH]c2cc(Cl)ccc2c1C(=O)NCCN. The van der Waals surface area contributed by atoms with E-state index >= 15 is 0 Å². The van der Waals surface area contributed by atoms with E-state index in [1.54, 1.807) is 6.07 Å². The van der Waals surface area contributed by atoms with Crippen LogP contribution in [-0.2, 0) is 0 Å². The average molecular weight is 252 g/mol. The van der Waals surface area contributed by atoms with E-state index in [0.717, 1.165) is 16.6 Å². The molecule has 0 fully saturated rings. The summed E-state index contributed by atoms with van der Waals surface area (Å²) in [6.45, 7) is 2.77. The van der Waals surface area contributed by atoms with Gasteiger partial charge >= 0.3 is 0 Å². The van der Waals surface area contributed by atoms with Crippen LogP contribution in [0.25, 0.3) is 10.9 Å². The van der Waals surface area contributed by atoms with Gasteiger partial charge in [-0.1, -0.05) is 17.7 Å². The molecular formula is C12H14ClN3O. The number of carbonyl (C=O) groups excluding carboxylic acids is 1. The number of nitrogens with two attached hydrogens (primary N) is 1. The van der Waals surface area contributed by atoms with Gasteiger partial charge in [-0.2, -0.15) is 0 Å². The van der Waals surface area contributed by atoms with E-state index in [-0.39, 0.29) is 5.91 Å². The van der Waals surface area contributed by atoms with E-state index < -0.39 is 0 Å². The Balaban J connectivity index is 2.46. The lowest BCUT2D eigenvalue weighted by atomic mass is 10.1. The molecule has 1 aromatic heterocycles. The van der Waals surface area contributed by atoms with E-state index in [1.807, 2.05) is 19.1 Å². The van der Waals surface area contributed by atoms with E-state index in [4.69, 9.17) is 17.3 Å². The lowest BCUT2D eigenvalue weighted by molar-refractivity contribution is 0.0956. The lowest BCUT2D eigenvalue weighted by Gasteiger charge is -2.03. The van der Waals surface area contributed by atoms with Crippen molar-refractivity contribution >= 4 is 28.4 Å². The fourth-order valence-corrected chi connectivity index (χ4v) is 2.04. The first-order chi connectivity index (χ1) is 8.13. The van der Waals surface area contributed by atoms with Crippen LogP contribution in [-0.4, -0.2) is 24.0 Å². The third-order valence-corrected chi connectivity index (χ3v) is 2.84. The lowest BCUT2D eigenvalue weighted by Crippen LogP contribution is -2.29. The molecule has 4 N–H and O–H groups in total. The number of aromatic amines is 1. The smallest absolute Gasteiger partial charge is 0.253 e. The number of halogens is 1. The molecule has 0 saturated carbocycles. The molecule has 17 heavy (non-hydrogen) atoms. The highest BCUT2D eigenvalue weighted by molar-refractivity contribution is 6.31. The van der Waals surface area contributed by atoms with Crippen LogP contribution in [0, 0.1) is 6.92 Å². The van der Waals surface area contributed by atoms with Gasteiger partial charge in [-0.25, -0.2) is 0 Å². The van der Waals surface area contributed by atoms with Gasteiger partial charge in [-0.05, 0) is 19.1 Å². The Labute approximate surface area is 104 Å². The molecule has 0 bridgehead atoms. The summed E-state index contributed by atoms with van der Waals surface area (Å²) in [5.41, 5.74) is 7.72. The Morgan fingerprint density at radius 2 is 2.29 bits per heavy atom. The molecule has 0 saturated heterocycles. The molecule has 0 unspecified atom stereocenters. The second-order valence-electron chi connectivity index (χ2n) is 3.86. The number of hydrogen-bond acceptors (Lipinski definition) is 2. The summed E-state index contributed by atoms with van der Waals surface area (Å²) < 4.78 is 0. The molecular weight excluding hydrogens is 238 g/mol. The van der Waals surface area contributed by atoms with Crippen molar-refractivity contribution in [3.05, 3.63) is 34.5 Å². The van der Waals surface area contributed by atoms with Crippen LogP contribution in [0.1, 0.15) is 16.1 Å². The number of carbonyl (C=O) groups is 1. The average Bonchev–Trinajstić information content (AvgIpc) is 2.61. The fourth-order valence-electron chi connectivity index (χ4n) is 1.87. The summed E-state index contributed by atoms with van der Waals surface area (Å²) >= 11 is 5.91. The summed E-state index contributed by atoms with van der Waals surface area (Å²) in [5.74, 6) is -0.110. The number of benzene rings is 1. The van der Waals surface area contributed by atoms with Crippen molar-refractivity contribution in [3.63, 3.8) is 0 Å². The van der Waals surface area contributed by atoms with Gasteiger partial charge in [0.1, 0.15) is 0 Å². The molecule has 1 amide bonds. The van der Waals surface area contributed by atoms with Crippen molar-refractivity contribution in [2.75, 3.05) is 13.1 Å². The molecule has 0 aliphatic rings. The number of hydrogen-bond donors (Lipinski definition) is 3. The second-order valence-corrected chi connectivity index (χ2v) is 4.30. The summed E-state index contributed by atoms with van der Waals surface area (Å²) in [6, 6.07) is 5.43. The van der Waals surface area contributed by atoms with Crippen molar-refractivity contribution in [1.82, 2.24) is 10.3 Å². The summed E-state index contributed by atoms with van der Waals surface area (Å²) in [6.07, 6.45) is 0. The van der Waals surface area contributed by atoms with Crippen LogP contribution in [0.3, 0.4) is 0 Å². The molecule has 2 aromatic rings. The van der Waals surface area contributed by atoms with Crippen LogP contribution in [0.5, 0.6) is 0 Å². The Bertz CT molecular complexity index is 562. The minimum atomic E-state index is -0.110. The van der Waals surface area contributed by atoms with Crippen LogP contribution in [0.2, 0.25) is 5.02 Å². The van der Waals surface area contributed by atoms with E-state index in [9.17, 15) is 4.79 Å². The minimum absolute atomic E-state index is 0.110. The third-order valence-electron chi connectivity index (χ3n) is 2.61. The molecule has 0 spiro atoms. The Hall–Kier alpha value is -1.52. The number of aromatic nitrogens is 1. The Kier molecular flexibility index (Phi) is 3.36. The Morgan fingerprint density at radius 1 is 1.53 bits per heavy atom. The highest BCUT2D eigenvalue weighted by Gasteiger charge is 2.15. The van der Waals surface area contributed by atoms with Crippen LogP contribution in [0.15, 0.2) is 18.2 Å². The molecule has 0 atom stereocenters. The van der Waals surface area contributed by atoms with Gasteiger partial charge < -0.3 is 16.0 Å². The van der Waals surface area contributed by atoms with Gasteiger partial charge in [-0.3, -0.25) is 4.79 Å². The molecule has 4 nitrogen and oxygen atoms in total. The summed E-state index contributed by atoms with van der Waals surface area (Å²) in [4.78, 5) is 15.1. The zero-order valence-electron chi connectivity index (χ0n) is 9.51. The van der Waals surface area contributed by atoms with Crippen molar-refractivity contribution in [2.24, 2.45) is 5.73 Å². The highest BCUT2D eigenvalue weighted by Crippen LogP contribution is 2.24. The maximum atomic E-state index is 12.0. The normalized spacial score (nSPS) is 10.8. The third kappa shape index (κ3) is 2.28. The van der Waals surface area contributed by atoms with Gasteiger partial charge in [0.25, 0.3) is 5.91 Å². The van der Waals surface area contributed by atoms with Crippen molar-refractivity contribution in [3.8, 4) is 0 Å². The van der Waals surface area contributed by atoms with Crippen molar-refractivity contribution in [2.45, 2.75) is 6.92 Å². The highest BCUT2D eigenvalue weighted by atomic mass is 35.5. The second kappa shape index (κ2) is 4.77. The zero-order chi connectivity index (χ0) is 12.4. The summed E-state index contributed by atoms with van der Waals surface area (Å²) in [5, 5.41) is 4.29. The van der Waals surface area contributed by atoms with Crippen LogP contribution >= 0.6 is 11.6 Å². The number of nitrogens with one attached hydrogen (secondary N) is 2.